The smallest absolute Gasteiger partial charge is 0.0719 e. The zero-order valence-electron chi connectivity index (χ0n) is 28.1. The Morgan fingerprint density at radius 1 is 0.596 bits per heavy atom. The van der Waals surface area contributed by atoms with Gasteiger partial charge in [-0.2, -0.15) is 0 Å². The predicted molar refractivity (Wildman–Crippen MR) is 204 cm³/mol. The fraction of sp³-hybridized carbons (Fsp3) is 0.149. The second kappa shape index (κ2) is 13.7. The Labute approximate surface area is 281 Å². The van der Waals surface area contributed by atoms with E-state index in [0.29, 0.717) is 0 Å². The first-order valence-corrected chi connectivity index (χ1v) is 16.7. The van der Waals surface area contributed by atoms with Gasteiger partial charge in [0.15, 0.2) is 0 Å². The Bertz CT molecular complexity index is 1960. The Morgan fingerprint density at radius 3 is 1.87 bits per heavy atom. The molecule has 2 aliphatic rings. The van der Waals surface area contributed by atoms with E-state index in [1.807, 2.05) is 19.1 Å². The SMILES string of the molecule is C=C/C=C(\C=C/C(/C=C\C)=C/C=C/C/C=C\C=C/C)c1ccc2c(c1)-c1ccccc1C21c2ccccc2C(C)(C)c2ccccc21. The van der Waals surface area contributed by atoms with Gasteiger partial charge in [0.1, 0.15) is 0 Å². The predicted octanol–water partition coefficient (Wildman–Crippen LogP) is 12.4. The van der Waals surface area contributed by atoms with Gasteiger partial charge in [0.05, 0.1) is 5.41 Å². The van der Waals surface area contributed by atoms with Crippen LogP contribution in [0.3, 0.4) is 0 Å². The molecule has 6 rings (SSSR count). The molecule has 0 nitrogen and oxygen atoms in total. The summed E-state index contributed by atoms with van der Waals surface area (Å²) in [6, 6.07) is 34.3. The van der Waals surface area contributed by atoms with Gasteiger partial charge in [-0.25, -0.2) is 0 Å². The molecule has 0 unspecified atom stereocenters. The van der Waals surface area contributed by atoms with E-state index in [0.717, 1.165) is 17.6 Å². The highest BCUT2D eigenvalue weighted by atomic mass is 14.5. The Morgan fingerprint density at radius 2 is 1.21 bits per heavy atom. The lowest BCUT2D eigenvalue weighted by Gasteiger charge is -2.46. The maximum atomic E-state index is 4.06. The van der Waals surface area contributed by atoms with Crippen LogP contribution in [0.2, 0.25) is 0 Å². The standard InChI is InChI=1S/C47H44/c1-6-9-10-11-12-13-14-23-35(21-7-2)30-31-36(22-8-3)37-32-33-41-39(34-37)38-24-15-16-25-40(38)47(41)44-28-19-17-26-42(44)46(4,5)43-27-18-20-29-45(43)47/h6-11,13-34H,3,12H2,1-2,4-5H3/b9-6-,11-10-,14-13+,21-7-,31-30-,35-23+,36-22+. The van der Waals surface area contributed by atoms with Crippen LogP contribution in [-0.4, -0.2) is 0 Å². The topological polar surface area (TPSA) is 0 Å². The highest BCUT2D eigenvalue weighted by Gasteiger charge is 2.53. The minimum absolute atomic E-state index is 0.100. The van der Waals surface area contributed by atoms with Crippen LogP contribution in [0.1, 0.15) is 73.1 Å². The van der Waals surface area contributed by atoms with Crippen molar-refractivity contribution in [3.05, 3.63) is 221 Å². The van der Waals surface area contributed by atoms with Crippen LogP contribution in [0.15, 0.2) is 182 Å². The second-order valence-corrected chi connectivity index (χ2v) is 12.7. The van der Waals surface area contributed by atoms with Crippen molar-refractivity contribution in [1.29, 1.82) is 0 Å². The normalized spacial score (nSPS) is 16.4. The quantitative estimate of drug-likeness (QED) is 0.146. The summed E-state index contributed by atoms with van der Waals surface area (Å²) < 4.78 is 0. The minimum atomic E-state index is -0.374. The molecule has 0 radical (unpaired) electrons. The number of rotatable bonds is 9. The zero-order valence-corrected chi connectivity index (χ0v) is 28.1. The van der Waals surface area contributed by atoms with Gasteiger partial charge in [-0.1, -0.05) is 184 Å². The van der Waals surface area contributed by atoms with E-state index < -0.39 is 0 Å². The molecule has 4 aromatic rings. The molecule has 4 aromatic carbocycles. The summed E-state index contributed by atoms with van der Waals surface area (Å²) >= 11 is 0. The van der Waals surface area contributed by atoms with Crippen LogP contribution in [0.25, 0.3) is 16.7 Å². The van der Waals surface area contributed by atoms with Gasteiger partial charge in [-0.3, -0.25) is 0 Å². The van der Waals surface area contributed by atoms with E-state index in [2.05, 4.69) is 185 Å². The molecule has 0 heteroatoms. The van der Waals surface area contributed by atoms with Crippen molar-refractivity contribution < 1.29 is 0 Å². The maximum absolute atomic E-state index is 4.06. The zero-order chi connectivity index (χ0) is 32.9. The van der Waals surface area contributed by atoms with Gasteiger partial charge in [0, 0.05) is 5.41 Å². The van der Waals surface area contributed by atoms with Crippen LogP contribution in [-0.2, 0) is 10.8 Å². The van der Waals surface area contributed by atoms with Crippen molar-refractivity contribution in [2.75, 3.05) is 0 Å². The summed E-state index contributed by atoms with van der Waals surface area (Å²) in [6.45, 7) is 12.9. The fourth-order valence-corrected chi connectivity index (χ4v) is 7.57. The number of hydrogen-bond acceptors (Lipinski definition) is 0. The molecule has 0 saturated carbocycles. The Balaban J connectivity index is 1.47. The van der Waals surface area contributed by atoms with Gasteiger partial charge in [0.25, 0.3) is 0 Å². The van der Waals surface area contributed by atoms with Gasteiger partial charge in [-0.15, -0.1) is 0 Å². The van der Waals surface area contributed by atoms with Crippen molar-refractivity contribution in [2.24, 2.45) is 0 Å². The first kappa shape index (κ1) is 31.8. The molecule has 0 bridgehead atoms. The Kier molecular flexibility index (Phi) is 9.23. The van der Waals surface area contributed by atoms with Crippen molar-refractivity contribution in [1.82, 2.24) is 0 Å². The molecule has 2 aliphatic carbocycles. The molecule has 0 atom stereocenters. The van der Waals surface area contributed by atoms with E-state index in [1.54, 1.807) is 0 Å². The molecule has 0 heterocycles. The molecule has 0 fully saturated rings. The number of fused-ring (bicyclic) bond motifs is 9. The molecule has 0 aliphatic heterocycles. The van der Waals surface area contributed by atoms with Crippen LogP contribution < -0.4 is 0 Å². The van der Waals surface area contributed by atoms with Gasteiger partial charge >= 0.3 is 0 Å². The highest BCUT2D eigenvalue weighted by molar-refractivity contribution is 5.91. The monoisotopic (exact) mass is 608 g/mol. The van der Waals surface area contributed by atoms with Crippen LogP contribution in [0.5, 0.6) is 0 Å². The fourth-order valence-electron chi connectivity index (χ4n) is 7.57. The summed E-state index contributed by atoms with van der Waals surface area (Å²) in [7, 11) is 0. The lowest BCUT2D eigenvalue weighted by atomic mass is 9.55. The van der Waals surface area contributed by atoms with E-state index in [4.69, 9.17) is 0 Å². The van der Waals surface area contributed by atoms with E-state index in [-0.39, 0.29) is 10.8 Å². The summed E-state index contributed by atoms with van der Waals surface area (Å²) in [6.07, 6.45) is 28.3. The molecular formula is C47H44. The highest BCUT2D eigenvalue weighted by Crippen LogP contribution is 2.62. The van der Waals surface area contributed by atoms with Crippen molar-refractivity contribution >= 4 is 5.57 Å². The summed E-state index contributed by atoms with van der Waals surface area (Å²) in [5.74, 6) is 0. The largest absolute Gasteiger partial charge is 0.0990 e. The Hall–Kier alpha value is -5.20. The lowest BCUT2D eigenvalue weighted by molar-refractivity contribution is 0.563. The molecule has 0 amide bonds. The average Bonchev–Trinajstić information content (AvgIpc) is 3.39. The number of hydrogen-bond donors (Lipinski definition) is 0. The van der Waals surface area contributed by atoms with Crippen LogP contribution >= 0.6 is 0 Å². The molecule has 0 aromatic heterocycles. The van der Waals surface area contributed by atoms with Crippen molar-refractivity contribution in [3.63, 3.8) is 0 Å². The first-order chi connectivity index (χ1) is 23.0. The molecular weight excluding hydrogens is 565 g/mol. The third-order valence-corrected chi connectivity index (χ3v) is 9.64. The van der Waals surface area contributed by atoms with Gasteiger partial charge in [0.2, 0.25) is 0 Å². The molecule has 232 valence electrons. The number of benzene rings is 4. The van der Waals surface area contributed by atoms with Crippen molar-refractivity contribution in [2.45, 2.75) is 44.9 Å². The van der Waals surface area contributed by atoms with E-state index >= 15 is 0 Å². The van der Waals surface area contributed by atoms with Crippen LogP contribution in [0.4, 0.5) is 0 Å². The molecule has 0 saturated heterocycles. The molecule has 1 spiro atoms. The third kappa shape index (κ3) is 5.59. The van der Waals surface area contributed by atoms with Gasteiger partial charge < -0.3 is 0 Å². The van der Waals surface area contributed by atoms with Crippen molar-refractivity contribution in [3.8, 4) is 11.1 Å². The summed E-state index contributed by atoms with van der Waals surface area (Å²) in [5.41, 5.74) is 13.8. The molecule has 0 N–H and O–H groups in total. The minimum Gasteiger partial charge on any atom is -0.0990 e. The first-order valence-electron chi connectivity index (χ1n) is 16.7. The summed E-state index contributed by atoms with van der Waals surface area (Å²) in [4.78, 5) is 0. The van der Waals surface area contributed by atoms with Crippen LogP contribution in [0, 0.1) is 0 Å². The summed E-state index contributed by atoms with van der Waals surface area (Å²) in [5, 5.41) is 0. The maximum Gasteiger partial charge on any atom is 0.0719 e. The van der Waals surface area contributed by atoms with Gasteiger partial charge in [-0.05, 0) is 87.6 Å². The molecule has 47 heavy (non-hydrogen) atoms. The van der Waals surface area contributed by atoms with E-state index in [1.165, 1.54) is 50.1 Å². The lowest BCUT2D eigenvalue weighted by Crippen LogP contribution is -2.40. The van der Waals surface area contributed by atoms with E-state index in [9.17, 15) is 0 Å². The average molecular weight is 609 g/mol. The second-order valence-electron chi connectivity index (χ2n) is 12.7. The third-order valence-electron chi connectivity index (χ3n) is 9.64. The number of allylic oxidation sites excluding steroid dienone is 15.